The summed E-state index contributed by atoms with van der Waals surface area (Å²) in [6, 6.07) is 3.40. The Bertz CT molecular complexity index is 652. The third-order valence-electron chi connectivity index (χ3n) is 2.33. The van der Waals surface area contributed by atoms with Crippen molar-refractivity contribution in [1.82, 2.24) is 0 Å². The maximum absolute atomic E-state index is 11.6. The third-order valence-corrected chi connectivity index (χ3v) is 2.33. The predicted molar refractivity (Wildman–Crippen MR) is 74.5 cm³/mol. The van der Waals surface area contributed by atoms with Gasteiger partial charge in [-0.3, -0.25) is 14.9 Å². The van der Waals surface area contributed by atoms with Crippen LogP contribution >= 0.6 is 0 Å². The highest BCUT2D eigenvalue weighted by atomic mass is 16.6. The van der Waals surface area contributed by atoms with E-state index in [1.165, 1.54) is 6.07 Å². The minimum absolute atomic E-state index is 0.0415. The molecule has 0 radical (unpaired) electrons. The molecule has 0 spiro atoms. The van der Waals surface area contributed by atoms with Gasteiger partial charge in [0.2, 0.25) is 5.91 Å². The molecule has 0 saturated carbocycles. The van der Waals surface area contributed by atoms with Crippen molar-refractivity contribution >= 4 is 29.2 Å². The van der Waals surface area contributed by atoms with E-state index in [0.717, 1.165) is 18.2 Å². The van der Waals surface area contributed by atoms with Gasteiger partial charge in [-0.2, -0.15) is 0 Å². The van der Waals surface area contributed by atoms with Crippen molar-refractivity contribution in [3.05, 3.63) is 46.0 Å². The normalized spacial score (nSPS) is 10.2. The van der Waals surface area contributed by atoms with Crippen LogP contribution in [0.25, 0.3) is 0 Å². The zero-order chi connectivity index (χ0) is 16.7. The zero-order valence-corrected chi connectivity index (χ0v) is 11.4. The van der Waals surface area contributed by atoms with E-state index in [1.807, 2.05) is 0 Å². The number of rotatable bonds is 6. The van der Waals surface area contributed by atoms with Crippen molar-refractivity contribution in [3.63, 3.8) is 0 Å². The molecule has 22 heavy (non-hydrogen) atoms. The molecule has 0 unspecified atom stereocenters. The number of hydrogen-bond donors (Lipinski definition) is 2. The third kappa shape index (κ3) is 4.71. The topological polar surface area (TPSA) is 136 Å². The number of aliphatic carboxylic acids is 1. The van der Waals surface area contributed by atoms with Gasteiger partial charge in [0, 0.05) is 23.9 Å². The fraction of sp³-hybridized carbons (Fsp3) is 0.154. The van der Waals surface area contributed by atoms with Crippen LogP contribution in [0.1, 0.15) is 17.3 Å². The molecule has 0 saturated heterocycles. The summed E-state index contributed by atoms with van der Waals surface area (Å²) in [5.41, 5.74) is -0.732. The largest absolute Gasteiger partial charge is 0.478 e. The van der Waals surface area contributed by atoms with E-state index in [0.29, 0.717) is 6.08 Å². The first-order valence-electron chi connectivity index (χ1n) is 6.02. The highest BCUT2D eigenvalue weighted by molar-refractivity contribution is 6.03. The second kappa shape index (κ2) is 7.53. The minimum Gasteiger partial charge on any atom is -0.478 e. The molecular formula is C13H12N2O7. The van der Waals surface area contributed by atoms with E-state index in [4.69, 9.17) is 9.84 Å². The summed E-state index contributed by atoms with van der Waals surface area (Å²) in [6.45, 7) is 1.63. The Morgan fingerprint density at radius 2 is 2.05 bits per heavy atom. The van der Waals surface area contributed by atoms with Gasteiger partial charge in [-0.15, -0.1) is 0 Å². The molecule has 116 valence electrons. The maximum atomic E-state index is 11.6. The molecule has 2 N–H and O–H groups in total. The lowest BCUT2D eigenvalue weighted by Crippen LogP contribution is -2.11. The van der Waals surface area contributed by atoms with Gasteiger partial charge in [-0.05, 0) is 19.1 Å². The fourth-order valence-corrected chi connectivity index (χ4v) is 1.47. The number of carbonyl (C=O) groups is 3. The van der Waals surface area contributed by atoms with Crippen LogP contribution in [0.3, 0.4) is 0 Å². The van der Waals surface area contributed by atoms with Crippen molar-refractivity contribution in [2.45, 2.75) is 6.92 Å². The predicted octanol–water partition coefficient (Wildman–Crippen LogP) is 1.35. The molecule has 1 aromatic carbocycles. The smallest absolute Gasteiger partial charge is 0.345 e. The molecule has 0 bridgehead atoms. The van der Waals surface area contributed by atoms with Crippen LogP contribution in [0.4, 0.5) is 11.4 Å². The molecule has 0 aliphatic rings. The lowest BCUT2D eigenvalue weighted by molar-refractivity contribution is -0.385. The molecule has 0 fully saturated rings. The van der Waals surface area contributed by atoms with E-state index >= 15 is 0 Å². The van der Waals surface area contributed by atoms with Crippen LogP contribution in [-0.4, -0.2) is 34.5 Å². The van der Waals surface area contributed by atoms with Crippen molar-refractivity contribution in [2.75, 3.05) is 11.9 Å². The first kappa shape index (κ1) is 16.8. The van der Waals surface area contributed by atoms with Crippen molar-refractivity contribution in [1.29, 1.82) is 0 Å². The average molecular weight is 308 g/mol. The van der Waals surface area contributed by atoms with Crippen LogP contribution in [-0.2, 0) is 14.3 Å². The van der Waals surface area contributed by atoms with Gasteiger partial charge in [0.1, 0.15) is 5.56 Å². The molecule has 9 heteroatoms. The summed E-state index contributed by atoms with van der Waals surface area (Å²) < 4.78 is 4.70. The number of nitro groups is 1. The Balaban J connectivity index is 3.03. The summed E-state index contributed by atoms with van der Waals surface area (Å²) in [6.07, 6.45) is 1.38. The number of nitro benzene ring substituents is 1. The van der Waals surface area contributed by atoms with E-state index in [-0.39, 0.29) is 17.9 Å². The number of esters is 1. The monoisotopic (exact) mass is 308 g/mol. The zero-order valence-electron chi connectivity index (χ0n) is 11.4. The van der Waals surface area contributed by atoms with E-state index < -0.39 is 28.5 Å². The highest BCUT2D eigenvalue weighted by Crippen LogP contribution is 2.24. The van der Waals surface area contributed by atoms with Gasteiger partial charge in [-0.25, -0.2) is 9.59 Å². The van der Waals surface area contributed by atoms with Crippen LogP contribution in [0, 0.1) is 10.1 Å². The average Bonchev–Trinajstić information content (AvgIpc) is 2.45. The van der Waals surface area contributed by atoms with Gasteiger partial charge in [-0.1, -0.05) is 0 Å². The first-order chi connectivity index (χ1) is 10.3. The van der Waals surface area contributed by atoms with Crippen LogP contribution in [0.5, 0.6) is 0 Å². The first-order valence-corrected chi connectivity index (χ1v) is 6.02. The summed E-state index contributed by atoms with van der Waals surface area (Å²) in [4.78, 5) is 43.5. The van der Waals surface area contributed by atoms with Gasteiger partial charge >= 0.3 is 11.9 Å². The minimum atomic E-state index is -1.31. The number of nitrogens with zero attached hydrogens (tertiary/aromatic N) is 1. The van der Waals surface area contributed by atoms with E-state index in [1.54, 1.807) is 6.92 Å². The van der Waals surface area contributed by atoms with Crippen LogP contribution in [0.2, 0.25) is 0 Å². The molecule has 0 heterocycles. The molecule has 1 rings (SSSR count). The number of amides is 1. The fourth-order valence-electron chi connectivity index (χ4n) is 1.47. The highest BCUT2D eigenvalue weighted by Gasteiger charge is 2.22. The molecule has 1 aromatic rings. The molecule has 0 atom stereocenters. The van der Waals surface area contributed by atoms with E-state index in [2.05, 4.69) is 5.32 Å². The summed E-state index contributed by atoms with van der Waals surface area (Å²) in [7, 11) is 0. The molecule has 0 aliphatic carbocycles. The van der Waals surface area contributed by atoms with Gasteiger partial charge < -0.3 is 15.2 Å². The number of nitrogens with one attached hydrogen (secondary N) is 1. The second-order valence-corrected chi connectivity index (χ2v) is 3.87. The molecule has 0 aliphatic heterocycles. The molecule has 1 amide bonds. The van der Waals surface area contributed by atoms with Crippen molar-refractivity contribution in [2.24, 2.45) is 0 Å². The molecule has 0 aromatic heterocycles. The standard InChI is InChI=1S/C13H12N2O7/c1-2-22-13(19)9-4-3-8(7-10(9)15(20)21)14-11(16)5-6-12(17)18/h3-7H,2H2,1H3,(H,14,16)(H,17,18)/b6-5+. The molecular weight excluding hydrogens is 296 g/mol. The van der Waals surface area contributed by atoms with Crippen LogP contribution in [0.15, 0.2) is 30.4 Å². The number of carboxylic acids is 1. The Labute approximate surface area is 124 Å². The van der Waals surface area contributed by atoms with Gasteiger partial charge in [0.05, 0.1) is 11.5 Å². The second-order valence-electron chi connectivity index (χ2n) is 3.87. The summed E-state index contributed by atoms with van der Waals surface area (Å²) in [5.74, 6) is -2.93. The van der Waals surface area contributed by atoms with E-state index in [9.17, 15) is 24.5 Å². The Morgan fingerprint density at radius 3 is 2.59 bits per heavy atom. The number of carbonyl (C=O) groups excluding carboxylic acids is 2. The number of hydrogen-bond acceptors (Lipinski definition) is 6. The Kier molecular flexibility index (Phi) is 5.75. The lowest BCUT2D eigenvalue weighted by Gasteiger charge is -2.06. The summed E-state index contributed by atoms with van der Waals surface area (Å²) in [5, 5.41) is 21.6. The number of benzene rings is 1. The Morgan fingerprint density at radius 1 is 1.36 bits per heavy atom. The van der Waals surface area contributed by atoms with Crippen LogP contribution < -0.4 is 5.32 Å². The van der Waals surface area contributed by atoms with Gasteiger partial charge in [0.25, 0.3) is 5.69 Å². The van der Waals surface area contributed by atoms with Crippen molar-refractivity contribution in [3.8, 4) is 0 Å². The quantitative estimate of drug-likeness (QED) is 0.350. The number of carboxylic acid groups (broad SMARTS) is 1. The Hall–Kier alpha value is -3.23. The lowest BCUT2D eigenvalue weighted by atomic mass is 10.1. The number of anilines is 1. The SMILES string of the molecule is CCOC(=O)c1ccc(NC(=O)/C=C/C(=O)O)cc1[N+](=O)[O-]. The maximum Gasteiger partial charge on any atom is 0.345 e. The number of ether oxygens (including phenoxy) is 1. The van der Waals surface area contributed by atoms with Gasteiger partial charge in [0.15, 0.2) is 0 Å². The summed E-state index contributed by atoms with van der Waals surface area (Å²) >= 11 is 0. The van der Waals surface area contributed by atoms with Crippen molar-refractivity contribution < 1.29 is 29.2 Å². The molecule has 9 nitrogen and oxygen atoms in total.